The lowest BCUT2D eigenvalue weighted by Gasteiger charge is -2.16. The molecule has 0 amide bonds. The van der Waals surface area contributed by atoms with Gasteiger partial charge in [-0.05, 0) is 37.1 Å². The van der Waals surface area contributed by atoms with E-state index >= 15 is 0 Å². The number of methoxy groups -OCH3 is 1. The highest BCUT2D eigenvalue weighted by Gasteiger charge is 2.11. The molecule has 1 atom stereocenters. The van der Waals surface area contributed by atoms with Crippen LogP contribution < -0.4 is 10.1 Å². The van der Waals surface area contributed by atoms with E-state index in [0.29, 0.717) is 0 Å². The fourth-order valence-electron chi connectivity index (χ4n) is 1.71. The van der Waals surface area contributed by atoms with E-state index in [9.17, 15) is 9.90 Å². The molecule has 0 heterocycles. The molecule has 100 valence electrons. The lowest BCUT2D eigenvalue weighted by molar-refractivity contribution is -0.138. The highest BCUT2D eigenvalue weighted by Crippen LogP contribution is 2.27. The van der Waals surface area contributed by atoms with E-state index in [1.807, 2.05) is 26.0 Å². The molecule has 0 fully saturated rings. The molecular formula is C13H19NO4. The molecule has 1 aromatic rings. The maximum absolute atomic E-state index is 10.4. The molecule has 0 bridgehead atoms. The van der Waals surface area contributed by atoms with Crippen molar-refractivity contribution in [1.82, 2.24) is 0 Å². The minimum absolute atomic E-state index is 0.207. The Morgan fingerprint density at radius 1 is 1.39 bits per heavy atom. The summed E-state index contributed by atoms with van der Waals surface area (Å²) >= 11 is 0. The lowest BCUT2D eigenvalue weighted by Crippen LogP contribution is -2.23. The van der Waals surface area contributed by atoms with Crippen molar-refractivity contribution in [2.75, 3.05) is 19.0 Å². The number of aliphatic hydroxyl groups is 1. The van der Waals surface area contributed by atoms with Crippen molar-refractivity contribution in [1.29, 1.82) is 0 Å². The highest BCUT2D eigenvalue weighted by molar-refractivity contribution is 5.67. The summed E-state index contributed by atoms with van der Waals surface area (Å²) in [5.74, 6) is -0.198. The Bertz CT molecular complexity index is 431. The number of aliphatic carboxylic acids is 1. The highest BCUT2D eigenvalue weighted by atomic mass is 16.5. The van der Waals surface area contributed by atoms with Crippen molar-refractivity contribution in [3.63, 3.8) is 0 Å². The minimum Gasteiger partial charge on any atom is -0.496 e. The fraction of sp³-hybridized carbons (Fsp3) is 0.462. The van der Waals surface area contributed by atoms with Gasteiger partial charge in [-0.25, -0.2) is 0 Å². The van der Waals surface area contributed by atoms with Crippen LogP contribution in [-0.4, -0.2) is 35.9 Å². The summed E-state index contributed by atoms with van der Waals surface area (Å²) in [4.78, 5) is 10.4. The summed E-state index contributed by atoms with van der Waals surface area (Å²) in [5, 5.41) is 21.1. The maximum atomic E-state index is 10.4. The first-order valence-corrected chi connectivity index (χ1v) is 5.73. The van der Waals surface area contributed by atoms with Gasteiger partial charge in [0.15, 0.2) is 0 Å². The number of nitrogens with one attached hydrogen (secondary N) is 1. The number of benzene rings is 1. The Hall–Kier alpha value is -1.75. The van der Waals surface area contributed by atoms with E-state index in [2.05, 4.69) is 5.32 Å². The average molecular weight is 253 g/mol. The summed E-state index contributed by atoms with van der Waals surface area (Å²) in [6, 6.07) is 3.70. The first kappa shape index (κ1) is 14.3. The third-order valence-electron chi connectivity index (χ3n) is 2.90. The van der Waals surface area contributed by atoms with Crippen LogP contribution in [0.15, 0.2) is 12.1 Å². The first-order chi connectivity index (χ1) is 8.45. The number of ether oxygens (including phenoxy) is 1. The molecule has 5 heteroatoms. The van der Waals surface area contributed by atoms with Crippen LogP contribution in [0.1, 0.15) is 17.5 Å². The van der Waals surface area contributed by atoms with Gasteiger partial charge in [0.25, 0.3) is 0 Å². The molecule has 0 aliphatic carbocycles. The molecule has 18 heavy (non-hydrogen) atoms. The van der Waals surface area contributed by atoms with E-state index < -0.39 is 12.1 Å². The van der Waals surface area contributed by atoms with Crippen LogP contribution in [0.4, 0.5) is 5.69 Å². The number of carboxylic acids is 1. The Labute approximate surface area is 106 Å². The molecule has 0 aromatic heterocycles. The maximum Gasteiger partial charge on any atom is 0.306 e. The molecule has 0 radical (unpaired) electrons. The Morgan fingerprint density at radius 2 is 2.06 bits per heavy atom. The predicted molar refractivity (Wildman–Crippen MR) is 69.2 cm³/mol. The normalized spacial score (nSPS) is 12.0. The minimum atomic E-state index is -1.01. The van der Waals surface area contributed by atoms with Crippen LogP contribution in [0, 0.1) is 13.8 Å². The second-order valence-corrected chi connectivity index (χ2v) is 4.20. The van der Waals surface area contributed by atoms with Gasteiger partial charge in [-0.2, -0.15) is 0 Å². The average Bonchev–Trinajstić information content (AvgIpc) is 2.30. The fourth-order valence-corrected chi connectivity index (χ4v) is 1.71. The van der Waals surface area contributed by atoms with Gasteiger partial charge in [-0.3, -0.25) is 4.79 Å². The van der Waals surface area contributed by atoms with Gasteiger partial charge in [0.05, 0.1) is 19.6 Å². The molecule has 1 aromatic carbocycles. The van der Waals surface area contributed by atoms with Crippen LogP contribution in [-0.2, 0) is 4.79 Å². The van der Waals surface area contributed by atoms with Crippen LogP contribution in [0.2, 0.25) is 0 Å². The lowest BCUT2D eigenvalue weighted by atomic mass is 10.1. The SMILES string of the molecule is COc1ccc(NCC(O)CC(=O)O)c(C)c1C. The van der Waals surface area contributed by atoms with Crippen molar-refractivity contribution < 1.29 is 19.7 Å². The molecule has 0 spiro atoms. The Morgan fingerprint density at radius 3 is 2.61 bits per heavy atom. The second-order valence-electron chi connectivity index (χ2n) is 4.20. The number of carboxylic acid groups (broad SMARTS) is 1. The second kappa shape index (κ2) is 6.26. The summed E-state index contributed by atoms with van der Waals surface area (Å²) < 4.78 is 5.20. The molecule has 5 nitrogen and oxygen atoms in total. The van der Waals surface area contributed by atoms with Gasteiger partial charge < -0.3 is 20.3 Å². The Balaban J connectivity index is 2.68. The molecular weight excluding hydrogens is 234 g/mol. The first-order valence-electron chi connectivity index (χ1n) is 5.73. The number of aliphatic hydroxyl groups excluding tert-OH is 1. The topological polar surface area (TPSA) is 78.8 Å². The Kier molecular flexibility index (Phi) is 4.97. The van der Waals surface area contributed by atoms with Crippen molar-refractivity contribution in [3.8, 4) is 5.75 Å². The number of carbonyl (C=O) groups is 1. The van der Waals surface area contributed by atoms with Crippen LogP contribution in [0.3, 0.4) is 0 Å². The van der Waals surface area contributed by atoms with Gasteiger partial charge in [0.2, 0.25) is 0 Å². The number of anilines is 1. The van der Waals surface area contributed by atoms with E-state index in [1.165, 1.54) is 0 Å². The van der Waals surface area contributed by atoms with Gasteiger partial charge in [-0.1, -0.05) is 0 Å². The van der Waals surface area contributed by atoms with Crippen molar-refractivity contribution in [2.45, 2.75) is 26.4 Å². The molecule has 0 aliphatic heterocycles. The molecule has 0 saturated carbocycles. The van der Waals surface area contributed by atoms with E-state index in [4.69, 9.17) is 9.84 Å². The van der Waals surface area contributed by atoms with Gasteiger partial charge >= 0.3 is 5.97 Å². The van der Waals surface area contributed by atoms with Gasteiger partial charge in [-0.15, -0.1) is 0 Å². The van der Waals surface area contributed by atoms with Crippen molar-refractivity contribution in [3.05, 3.63) is 23.3 Å². The summed E-state index contributed by atoms with van der Waals surface area (Å²) in [6.07, 6.45) is -1.16. The molecule has 1 unspecified atom stereocenters. The van der Waals surface area contributed by atoms with Crippen molar-refractivity contribution >= 4 is 11.7 Å². The quantitative estimate of drug-likeness (QED) is 0.717. The standard InChI is InChI=1S/C13H19NO4/c1-8-9(2)12(18-3)5-4-11(8)14-7-10(15)6-13(16)17/h4-5,10,14-15H,6-7H2,1-3H3,(H,16,17). The summed E-state index contributed by atoms with van der Waals surface area (Å²) in [6.45, 7) is 4.11. The van der Waals surface area contributed by atoms with Crippen LogP contribution in [0.25, 0.3) is 0 Å². The van der Waals surface area contributed by atoms with Gasteiger partial charge in [0.1, 0.15) is 5.75 Å². The van der Waals surface area contributed by atoms with Gasteiger partial charge in [0, 0.05) is 12.2 Å². The van der Waals surface area contributed by atoms with Crippen LogP contribution in [0.5, 0.6) is 5.75 Å². The third kappa shape index (κ3) is 3.63. The molecule has 0 aliphatic rings. The van der Waals surface area contributed by atoms with E-state index in [-0.39, 0.29) is 13.0 Å². The molecule has 3 N–H and O–H groups in total. The summed E-state index contributed by atoms with van der Waals surface area (Å²) in [5.41, 5.74) is 2.92. The smallest absolute Gasteiger partial charge is 0.306 e. The number of rotatable bonds is 6. The largest absolute Gasteiger partial charge is 0.496 e. The molecule has 0 saturated heterocycles. The number of hydrogen-bond acceptors (Lipinski definition) is 4. The molecule has 1 rings (SSSR count). The summed E-state index contributed by atoms with van der Waals surface area (Å²) in [7, 11) is 1.62. The van der Waals surface area contributed by atoms with E-state index in [0.717, 1.165) is 22.6 Å². The zero-order valence-corrected chi connectivity index (χ0v) is 10.9. The zero-order chi connectivity index (χ0) is 13.7. The van der Waals surface area contributed by atoms with E-state index in [1.54, 1.807) is 7.11 Å². The zero-order valence-electron chi connectivity index (χ0n) is 10.9. The predicted octanol–water partition coefficient (Wildman–Crippen LogP) is 1.56. The number of hydrogen-bond donors (Lipinski definition) is 3. The monoisotopic (exact) mass is 253 g/mol. The van der Waals surface area contributed by atoms with Crippen LogP contribution >= 0.6 is 0 Å². The third-order valence-corrected chi connectivity index (χ3v) is 2.90. The van der Waals surface area contributed by atoms with Crippen molar-refractivity contribution in [2.24, 2.45) is 0 Å².